The lowest BCUT2D eigenvalue weighted by Crippen LogP contribution is -2.18. The normalized spacial score (nSPS) is 10.4. The number of para-hydroxylation sites is 1. The van der Waals surface area contributed by atoms with Crippen LogP contribution in [0.4, 0.5) is 24.5 Å². The van der Waals surface area contributed by atoms with Crippen LogP contribution in [0.2, 0.25) is 0 Å². The molecule has 3 N–H and O–H groups in total. The van der Waals surface area contributed by atoms with Crippen molar-refractivity contribution in [1.29, 1.82) is 0 Å². The van der Waals surface area contributed by atoms with E-state index in [-0.39, 0.29) is 11.4 Å². The van der Waals surface area contributed by atoms with Crippen molar-refractivity contribution in [2.45, 2.75) is 6.92 Å². The van der Waals surface area contributed by atoms with Gasteiger partial charge < -0.3 is 11.1 Å². The van der Waals surface area contributed by atoms with E-state index in [4.69, 9.17) is 5.73 Å². The topological polar surface area (TPSA) is 55.1 Å². The average Bonchev–Trinajstić information content (AvgIpc) is 2.39. The maximum absolute atomic E-state index is 13.7. The Kier molecular flexibility index (Phi) is 3.65. The molecule has 1 amide bonds. The van der Waals surface area contributed by atoms with E-state index in [2.05, 4.69) is 5.32 Å². The summed E-state index contributed by atoms with van der Waals surface area (Å²) < 4.78 is 40.8. The van der Waals surface area contributed by atoms with Gasteiger partial charge >= 0.3 is 0 Å². The summed E-state index contributed by atoms with van der Waals surface area (Å²) in [6.07, 6.45) is 0. The number of hydrogen-bond acceptors (Lipinski definition) is 2. The van der Waals surface area contributed by atoms with Crippen LogP contribution >= 0.6 is 0 Å². The highest BCUT2D eigenvalue weighted by Gasteiger charge is 2.21. The van der Waals surface area contributed by atoms with Crippen LogP contribution in [-0.4, -0.2) is 5.91 Å². The summed E-state index contributed by atoms with van der Waals surface area (Å²) in [6.45, 7) is 1.56. The van der Waals surface area contributed by atoms with Crippen LogP contribution in [0.15, 0.2) is 30.3 Å². The minimum atomic E-state index is -1.17. The van der Waals surface area contributed by atoms with Crippen molar-refractivity contribution in [3.05, 3.63) is 58.9 Å². The Hall–Kier alpha value is -2.50. The molecular weight excluding hydrogens is 269 g/mol. The van der Waals surface area contributed by atoms with Crippen LogP contribution in [0.3, 0.4) is 0 Å². The number of carbonyl (C=O) groups is 1. The molecule has 0 radical (unpaired) electrons. The molecule has 0 saturated carbocycles. The Bertz CT molecular complexity index is 666. The van der Waals surface area contributed by atoms with Gasteiger partial charge in [-0.05, 0) is 30.7 Å². The monoisotopic (exact) mass is 280 g/mol. The van der Waals surface area contributed by atoms with E-state index < -0.39 is 28.9 Å². The molecule has 0 bridgehead atoms. The summed E-state index contributed by atoms with van der Waals surface area (Å²) in [6, 6.07) is 6.04. The molecule has 6 heteroatoms. The van der Waals surface area contributed by atoms with Gasteiger partial charge in [-0.1, -0.05) is 12.1 Å². The number of rotatable bonds is 2. The van der Waals surface area contributed by atoms with E-state index in [0.29, 0.717) is 5.56 Å². The molecule has 0 atom stereocenters. The van der Waals surface area contributed by atoms with E-state index in [1.165, 1.54) is 6.07 Å². The molecular formula is C14H11F3N2O. The number of nitrogens with two attached hydrogens (primary N) is 1. The summed E-state index contributed by atoms with van der Waals surface area (Å²) in [5.41, 5.74) is 4.39. The fourth-order valence-corrected chi connectivity index (χ4v) is 1.74. The number of benzene rings is 2. The predicted octanol–water partition coefficient (Wildman–Crippen LogP) is 3.25. The molecule has 2 aromatic rings. The summed E-state index contributed by atoms with van der Waals surface area (Å²) in [5, 5.41) is 2.15. The zero-order chi connectivity index (χ0) is 14.9. The third-order valence-corrected chi connectivity index (χ3v) is 2.81. The zero-order valence-corrected chi connectivity index (χ0v) is 10.5. The lowest BCUT2D eigenvalue weighted by atomic mass is 10.1. The standard InChI is InChI=1S/C14H11F3N2O/c1-7-3-2-4-9(16)13(7)19-14(20)11-8(15)5-6-10(18)12(11)17/h2-6H,18H2,1H3,(H,19,20). The SMILES string of the molecule is Cc1cccc(F)c1NC(=O)c1c(F)ccc(N)c1F. The van der Waals surface area contributed by atoms with Crippen molar-refractivity contribution < 1.29 is 18.0 Å². The van der Waals surface area contributed by atoms with Gasteiger partial charge in [0.1, 0.15) is 17.2 Å². The van der Waals surface area contributed by atoms with Crippen LogP contribution in [0.5, 0.6) is 0 Å². The summed E-state index contributed by atoms with van der Waals surface area (Å²) in [5.74, 6) is -4.02. The van der Waals surface area contributed by atoms with Crippen molar-refractivity contribution in [3.8, 4) is 0 Å². The summed E-state index contributed by atoms with van der Waals surface area (Å²) in [4.78, 5) is 11.9. The molecule has 0 aromatic heterocycles. The average molecular weight is 280 g/mol. The van der Waals surface area contributed by atoms with Gasteiger partial charge in [-0.2, -0.15) is 0 Å². The second kappa shape index (κ2) is 5.24. The van der Waals surface area contributed by atoms with Gasteiger partial charge in [0, 0.05) is 0 Å². The van der Waals surface area contributed by atoms with Gasteiger partial charge in [0.15, 0.2) is 5.82 Å². The first kappa shape index (κ1) is 13.9. The van der Waals surface area contributed by atoms with Gasteiger partial charge in [0.25, 0.3) is 5.91 Å². The Morgan fingerprint density at radius 3 is 2.45 bits per heavy atom. The second-order valence-electron chi connectivity index (χ2n) is 4.21. The van der Waals surface area contributed by atoms with Gasteiger partial charge in [-0.3, -0.25) is 4.79 Å². The maximum atomic E-state index is 13.7. The fourth-order valence-electron chi connectivity index (χ4n) is 1.74. The molecule has 0 unspecified atom stereocenters. The largest absolute Gasteiger partial charge is 0.396 e. The van der Waals surface area contributed by atoms with Crippen LogP contribution in [0, 0.1) is 24.4 Å². The Morgan fingerprint density at radius 2 is 1.80 bits per heavy atom. The number of nitrogens with one attached hydrogen (secondary N) is 1. The lowest BCUT2D eigenvalue weighted by molar-refractivity contribution is 0.101. The summed E-state index contributed by atoms with van der Waals surface area (Å²) in [7, 11) is 0. The van der Waals surface area contributed by atoms with Crippen molar-refractivity contribution in [2.24, 2.45) is 0 Å². The quantitative estimate of drug-likeness (QED) is 0.830. The van der Waals surface area contributed by atoms with Gasteiger partial charge in [0.2, 0.25) is 0 Å². The number of amides is 1. The summed E-state index contributed by atoms with van der Waals surface area (Å²) >= 11 is 0. The third-order valence-electron chi connectivity index (χ3n) is 2.81. The van der Waals surface area contributed by atoms with Crippen LogP contribution in [0.1, 0.15) is 15.9 Å². The minimum absolute atomic E-state index is 0.126. The maximum Gasteiger partial charge on any atom is 0.261 e. The van der Waals surface area contributed by atoms with Crippen molar-refractivity contribution in [3.63, 3.8) is 0 Å². The zero-order valence-electron chi connectivity index (χ0n) is 10.5. The molecule has 0 aliphatic carbocycles. The Balaban J connectivity index is 2.41. The molecule has 2 aromatic carbocycles. The van der Waals surface area contributed by atoms with E-state index in [1.54, 1.807) is 13.0 Å². The van der Waals surface area contributed by atoms with Crippen molar-refractivity contribution in [2.75, 3.05) is 11.1 Å². The number of nitrogen functional groups attached to an aromatic ring is 1. The highest BCUT2D eigenvalue weighted by Crippen LogP contribution is 2.23. The first-order valence-electron chi connectivity index (χ1n) is 5.71. The number of aryl methyl sites for hydroxylation is 1. The first-order valence-corrected chi connectivity index (χ1v) is 5.71. The molecule has 20 heavy (non-hydrogen) atoms. The van der Waals surface area contributed by atoms with E-state index in [9.17, 15) is 18.0 Å². The Labute approximate surface area is 113 Å². The molecule has 0 heterocycles. The van der Waals surface area contributed by atoms with Crippen molar-refractivity contribution >= 4 is 17.3 Å². The molecule has 104 valence electrons. The van der Waals surface area contributed by atoms with Crippen LogP contribution in [0.25, 0.3) is 0 Å². The smallest absolute Gasteiger partial charge is 0.261 e. The van der Waals surface area contributed by atoms with Gasteiger partial charge in [-0.25, -0.2) is 13.2 Å². The van der Waals surface area contributed by atoms with E-state index in [1.807, 2.05) is 0 Å². The lowest BCUT2D eigenvalue weighted by Gasteiger charge is -2.11. The minimum Gasteiger partial charge on any atom is -0.396 e. The van der Waals surface area contributed by atoms with Gasteiger partial charge in [0.05, 0.1) is 11.4 Å². The first-order chi connectivity index (χ1) is 9.41. The predicted molar refractivity (Wildman–Crippen MR) is 69.9 cm³/mol. The van der Waals surface area contributed by atoms with E-state index >= 15 is 0 Å². The number of hydrogen-bond donors (Lipinski definition) is 2. The van der Waals surface area contributed by atoms with Crippen molar-refractivity contribution in [1.82, 2.24) is 0 Å². The van der Waals surface area contributed by atoms with Crippen LogP contribution in [-0.2, 0) is 0 Å². The molecule has 0 spiro atoms. The number of halogens is 3. The van der Waals surface area contributed by atoms with Gasteiger partial charge in [-0.15, -0.1) is 0 Å². The molecule has 0 aliphatic rings. The number of carbonyl (C=O) groups excluding carboxylic acids is 1. The Morgan fingerprint density at radius 1 is 1.10 bits per heavy atom. The fraction of sp³-hybridized carbons (Fsp3) is 0.0714. The molecule has 0 saturated heterocycles. The molecule has 3 nitrogen and oxygen atoms in total. The van der Waals surface area contributed by atoms with E-state index in [0.717, 1.165) is 18.2 Å². The highest BCUT2D eigenvalue weighted by atomic mass is 19.1. The van der Waals surface area contributed by atoms with Crippen LogP contribution < -0.4 is 11.1 Å². The second-order valence-corrected chi connectivity index (χ2v) is 4.21. The molecule has 2 rings (SSSR count). The molecule has 0 aliphatic heterocycles. The molecule has 0 fully saturated rings. The third kappa shape index (κ3) is 2.45. The highest BCUT2D eigenvalue weighted by molar-refractivity contribution is 6.05. The number of anilines is 2.